The van der Waals surface area contributed by atoms with E-state index in [1.165, 1.54) is 25.7 Å². The quantitative estimate of drug-likeness (QED) is 0.733. The zero-order valence-electron chi connectivity index (χ0n) is 7.64. The van der Waals surface area contributed by atoms with Gasteiger partial charge in [0.05, 0.1) is 0 Å². The molecular formula is C9H18ClNO. The van der Waals surface area contributed by atoms with Crippen molar-refractivity contribution in [2.45, 2.75) is 25.7 Å². The van der Waals surface area contributed by atoms with E-state index < -0.39 is 0 Å². The van der Waals surface area contributed by atoms with E-state index in [4.69, 9.17) is 10.5 Å². The van der Waals surface area contributed by atoms with Gasteiger partial charge in [-0.25, -0.2) is 0 Å². The molecule has 2 bridgehead atoms. The van der Waals surface area contributed by atoms with E-state index in [1.807, 2.05) is 0 Å². The van der Waals surface area contributed by atoms with E-state index >= 15 is 0 Å². The average molecular weight is 192 g/mol. The first-order valence-corrected chi connectivity index (χ1v) is 4.43. The molecule has 0 unspecified atom stereocenters. The first-order valence-electron chi connectivity index (χ1n) is 4.43. The second-order valence-corrected chi connectivity index (χ2v) is 4.48. The first kappa shape index (κ1) is 10.3. The highest BCUT2D eigenvalue weighted by Gasteiger charge is 2.65. The van der Waals surface area contributed by atoms with Gasteiger partial charge in [0, 0.05) is 13.7 Å². The van der Waals surface area contributed by atoms with Crippen molar-refractivity contribution in [1.29, 1.82) is 0 Å². The fraction of sp³-hybridized carbons (Fsp3) is 1.00. The number of ether oxygens (including phenoxy) is 1. The van der Waals surface area contributed by atoms with E-state index in [0.29, 0.717) is 10.8 Å². The minimum absolute atomic E-state index is 0. The van der Waals surface area contributed by atoms with Gasteiger partial charge in [-0.3, -0.25) is 0 Å². The molecule has 2 N–H and O–H groups in total. The van der Waals surface area contributed by atoms with Gasteiger partial charge in [-0.2, -0.15) is 0 Å². The van der Waals surface area contributed by atoms with Crippen molar-refractivity contribution in [3.63, 3.8) is 0 Å². The highest BCUT2D eigenvalue weighted by atomic mass is 35.5. The Morgan fingerprint density at radius 2 is 1.83 bits per heavy atom. The van der Waals surface area contributed by atoms with Crippen LogP contribution in [-0.2, 0) is 4.74 Å². The monoisotopic (exact) mass is 191 g/mol. The summed E-state index contributed by atoms with van der Waals surface area (Å²) >= 11 is 0. The Hall–Kier alpha value is 0.210. The minimum atomic E-state index is 0. The van der Waals surface area contributed by atoms with Crippen LogP contribution in [0.3, 0.4) is 0 Å². The summed E-state index contributed by atoms with van der Waals surface area (Å²) in [6, 6.07) is 0. The molecule has 3 aliphatic rings. The van der Waals surface area contributed by atoms with Crippen molar-refractivity contribution < 1.29 is 4.74 Å². The highest BCUT2D eigenvalue weighted by molar-refractivity contribution is 5.85. The molecular weight excluding hydrogens is 174 g/mol. The Labute approximate surface area is 80.3 Å². The maximum Gasteiger partial charge on any atom is 0.0467 e. The summed E-state index contributed by atoms with van der Waals surface area (Å²) in [6.45, 7) is 1.84. The van der Waals surface area contributed by atoms with Gasteiger partial charge in [-0.15, -0.1) is 12.4 Å². The number of halogens is 1. The van der Waals surface area contributed by atoms with Crippen molar-refractivity contribution in [3.05, 3.63) is 0 Å². The van der Waals surface area contributed by atoms with Gasteiger partial charge in [0.25, 0.3) is 0 Å². The van der Waals surface area contributed by atoms with Crippen LogP contribution < -0.4 is 5.73 Å². The molecule has 0 aromatic rings. The molecule has 0 saturated heterocycles. The summed E-state index contributed by atoms with van der Waals surface area (Å²) in [5.41, 5.74) is 6.93. The van der Waals surface area contributed by atoms with Crippen LogP contribution in [0.2, 0.25) is 0 Å². The van der Waals surface area contributed by atoms with E-state index in [-0.39, 0.29) is 12.4 Å². The summed E-state index contributed by atoms with van der Waals surface area (Å²) in [5.74, 6) is 0. The summed E-state index contributed by atoms with van der Waals surface area (Å²) in [6.07, 6.45) is 5.38. The van der Waals surface area contributed by atoms with E-state index in [9.17, 15) is 0 Å². The minimum Gasteiger partial charge on any atom is -0.385 e. The number of hydrogen-bond donors (Lipinski definition) is 1. The fourth-order valence-corrected chi connectivity index (χ4v) is 3.03. The van der Waals surface area contributed by atoms with Crippen molar-refractivity contribution in [1.82, 2.24) is 0 Å². The second-order valence-electron chi connectivity index (χ2n) is 4.48. The summed E-state index contributed by atoms with van der Waals surface area (Å²) in [5, 5.41) is 0. The van der Waals surface area contributed by atoms with Gasteiger partial charge >= 0.3 is 0 Å². The lowest BCUT2D eigenvalue weighted by Gasteiger charge is -2.71. The van der Waals surface area contributed by atoms with Crippen LogP contribution in [0, 0.1) is 10.8 Å². The Kier molecular flexibility index (Phi) is 2.72. The van der Waals surface area contributed by atoms with Crippen LogP contribution in [-0.4, -0.2) is 20.3 Å². The molecule has 0 radical (unpaired) electrons. The summed E-state index contributed by atoms with van der Waals surface area (Å²) in [7, 11) is 1.78. The third kappa shape index (κ3) is 1.26. The highest BCUT2D eigenvalue weighted by Crippen LogP contribution is 2.74. The Morgan fingerprint density at radius 1 is 1.25 bits per heavy atom. The molecule has 3 rings (SSSR count). The standard InChI is InChI=1S/C9H17NO.ClH/c1-11-3-2-8-4-9(5-8,6-8)7-10;/h2-7,10H2,1H3;1H. The Morgan fingerprint density at radius 3 is 2.25 bits per heavy atom. The van der Waals surface area contributed by atoms with Gasteiger partial charge < -0.3 is 10.5 Å². The van der Waals surface area contributed by atoms with E-state index in [2.05, 4.69) is 0 Å². The average Bonchev–Trinajstić information content (AvgIpc) is 1.83. The van der Waals surface area contributed by atoms with Crippen molar-refractivity contribution >= 4 is 12.4 Å². The molecule has 3 saturated carbocycles. The predicted octanol–water partition coefficient (Wildman–Crippen LogP) is 1.57. The zero-order chi connectivity index (χ0) is 7.95. The van der Waals surface area contributed by atoms with Gasteiger partial charge in [0.1, 0.15) is 0 Å². The maximum atomic E-state index is 5.66. The molecule has 0 heterocycles. The predicted molar refractivity (Wildman–Crippen MR) is 51.5 cm³/mol. The number of methoxy groups -OCH3 is 1. The lowest BCUT2D eigenvalue weighted by molar-refractivity contribution is -0.205. The molecule has 0 atom stereocenters. The molecule has 0 aromatic carbocycles. The molecule has 3 fully saturated rings. The Bertz CT molecular complexity index is 146. The Balaban J connectivity index is 0.000000720. The van der Waals surface area contributed by atoms with Gasteiger partial charge in [0.2, 0.25) is 0 Å². The molecule has 0 spiro atoms. The van der Waals surface area contributed by atoms with Gasteiger partial charge in [-0.05, 0) is 43.1 Å². The van der Waals surface area contributed by atoms with Crippen LogP contribution >= 0.6 is 12.4 Å². The number of hydrogen-bond acceptors (Lipinski definition) is 2. The molecule has 0 aromatic heterocycles. The van der Waals surface area contributed by atoms with Crippen molar-refractivity contribution in [2.24, 2.45) is 16.6 Å². The van der Waals surface area contributed by atoms with Crippen LogP contribution in [0.4, 0.5) is 0 Å². The van der Waals surface area contributed by atoms with Crippen molar-refractivity contribution in [2.75, 3.05) is 20.3 Å². The topological polar surface area (TPSA) is 35.2 Å². The lowest BCUT2D eigenvalue weighted by Crippen LogP contribution is -2.64. The molecule has 2 nitrogen and oxygen atoms in total. The van der Waals surface area contributed by atoms with Crippen molar-refractivity contribution in [3.8, 4) is 0 Å². The maximum absolute atomic E-state index is 5.66. The number of nitrogens with two attached hydrogens (primary N) is 1. The second kappa shape index (κ2) is 3.17. The van der Waals surface area contributed by atoms with E-state index in [1.54, 1.807) is 7.11 Å². The lowest BCUT2D eigenvalue weighted by atomic mass is 9.34. The van der Waals surface area contributed by atoms with Crippen LogP contribution in [0.1, 0.15) is 25.7 Å². The first-order chi connectivity index (χ1) is 5.24. The SMILES string of the molecule is COCCC12CC(CN)(C1)C2.Cl. The smallest absolute Gasteiger partial charge is 0.0467 e. The number of rotatable bonds is 4. The van der Waals surface area contributed by atoms with Crippen LogP contribution in [0.5, 0.6) is 0 Å². The molecule has 12 heavy (non-hydrogen) atoms. The largest absolute Gasteiger partial charge is 0.385 e. The zero-order valence-corrected chi connectivity index (χ0v) is 8.45. The van der Waals surface area contributed by atoms with E-state index in [0.717, 1.165) is 13.2 Å². The third-order valence-corrected chi connectivity index (χ3v) is 3.52. The van der Waals surface area contributed by atoms with Crippen LogP contribution in [0.15, 0.2) is 0 Å². The summed E-state index contributed by atoms with van der Waals surface area (Å²) < 4.78 is 5.07. The van der Waals surface area contributed by atoms with Crippen LogP contribution in [0.25, 0.3) is 0 Å². The summed E-state index contributed by atoms with van der Waals surface area (Å²) in [4.78, 5) is 0. The molecule has 72 valence electrons. The van der Waals surface area contributed by atoms with Gasteiger partial charge in [0.15, 0.2) is 0 Å². The molecule has 0 aliphatic heterocycles. The molecule has 0 amide bonds. The molecule has 3 aliphatic carbocycles. The molecule has 3 heteroatoms. The third-order valence-electron chi connectivity index (χ3n) is 3.52. The van der Waals surface area contributed by atoms with Gasteiger partial charge in [-0.1, -0.05) is 0 Å². The fourth-order valence-electron chi connectivity index (χ4n) is 3.03. The normalized spacial score (nSPS) is 42.5.